The van der Waals surface area contributed by atoms with E-state index < -0.39 is 10.2 Å². The van der Waals surface area contributed by atoms with Gasteiger partial charge in [0.1, 0.15) is 5.82 Å². The molecule has 1 fully saturated rings. The third-order valence-electron chi connectivity index (χ3n) is 5.76. The third kappa shape index (κ3) is 4.33. The zero-order chi connectivity index (χ0) is 24.6. The minimum Gasteiger partial charge on any atom is -0.378 e. The number of anilines is 3. The number of imidazole rings is 1. The molecule has 0 amide bonds. The summed E-state index contributed by atoms with van der Waals surface area (Å²) in [6, 6.07) is 11.1. The van der Waals surface area contributed by atoms with E-state index in [1.165, 1.54) is 14.1 Å². The van der Waals surface area contributed by atoms with Crippen molar-refractivity contribution in [3.05, 3.63) is 42.7 Å². The van der Waals surface area contributed by atoms with Gasteiger partial charge in [0.2, 0.25) is 5.95 Å². The van der Waals surface area contributed by atoms with Gasteiger partial charge < -0.3 is 19.5 Å². The van der Waals surface area contributed by atoms with E-state index in [2.05, 4.69) is 25.3 Å². The second-order valence-electron chi connectivity index (χ2n) is 8.21. The molecule has 1 aromatic carbocycles. The quantitative estimate of drug-likeness (QED) is 0.408. The lowest BCUT2D eigenvalue weighted by Gasteiger charge is -2.28. The summed E-state index contributed by atoms with van der Waals surface area (Å²) < 4.78 is 35.7. The van der Waals surface area contributed by atoms with Gasteiger partial charge in [-0.2, -0.15) is 27.8 Å². The van der Waals surface area contributed by atoms with Crippen molar-refractivity contribution in [3.8, 4) is 11.3 Å². The smallest absolute Gasteiger partial charge is 0.324 e. The Morgan fingerprint density at radius 2 is 1.86 bits per heavy atom. The van der Waals surface area contributed by atoms with Crippen LogP contribution in [0, 0.1) is 0 Å². The molecule has 1 aliphatic rings. The molecule has 1 aliphatic heterocycles. The Bertz CT molecular complexity index is 1440. The summed E-state index contributed by atoms with van der Waals surface area (Å²) in [6.07, 6.45) is 1.74. The molecule has 1 N–H and O–H groups in total. The molecule has 0 spiro atoms. The highest BCUT2D eigenvalue weighted by molar-refractivity contribution is 7.87. The average Bonchev–Trinajstić information content (AvgIpc) is 3.49. The molecule has 12 nitrogen and oxygen atoms in total. The Labute approximate surface area is 203 Å². The second-order valence-corrected chi connectivity index (χ2v) is 10.2. The molecule has 0 unspecified atom stereocenters. The molecule has 1 saturated heterocycles. The molecule has 0 aliphatic carbocycles. The largest absolute Gasteiger partial charge is 0.378 e. The van der Waals surface area contributed by atoms with Crippen LogP contribution in [0.5, 0.6) is 0 Å². The number of rotatable bonds is 7. The van der Waals surface area contributed by atoms with Crippen LogP contribution in [0.25, 0.3) is 22.4 Å². The van der Waals surface area contributed by atoms with Crippen LogP contribution in [0.2, 0.25) is 0 Å². The Morgan fingerprint density at radius 3 is 2.54 bits per heavy atom. The van der Waals surface area contributed by atoms with Gasteiger partial charge in [0.15, 0.2) is 17.0 Å². The Morgan fingerprint density at radius 1 is 1.11 bits per heavy atom. The first-order valence-electron chi connectivity index (χ1n) is 11.3. The van der Waals surface area contributed by atoms with Crippen molar-refractivity contribution in [2.24, 2.45) is 0 Å². The van der Waals surface area contributed by atoms with E-state index in [1.54, 1.807) is 12.4 Å². The van der Waals surface area contributed by atoms with E-state index in [9.17, 15) is 8.42 Å². The Hall–Kier alpha value is -3.55. The zero-order valence-electron chi connectivity index (χ0n) is 19.8. The summed E-state index contributed by atoms with van der Waals surface area (Å²) >= 11 is 0. The van der Waals surface area contributed by atoms with Gasteiger partial charge in [0.05, 0.1) is 25.2 Å². The molecule has 3 aromatic heterocycles. The predicted octanol–water partition coefficient (Wildman–Crippen LogP) is 1.94. The van der Waals surface area contributed by atoms with Gasteiger partial charge in [-0.15, -0.1) is 4.09 Å². The Kier molecular flexibility index (Phi) is 6.13. The fraction of sp³-hybridized carbons (Fsp3) is 0.364. The predicted molar refractivity (Wildman–Crippen MR) is 133 cm³/mol. The first-order valence-corrected chi connectivity index (χ1v) is 12.7. The molecule has 0 radical (unpaired) electrons. The van der Waals surface area contributed by atoms with Crippen molar-refractivity contribution >= 4 is 39.0 Å². The highest BCUT2D eigenvalue weighted by Gasteiger charge is 2.25. The number of benzene rings is 1. The van der Waals surface area contributed by atoms with Gasteiger partial charge in [-0.05, 0) is 6.92 Å². The molecule has 0 atom stereocenters. The van der Waals surface area contributed by atoms with Gasteiger partial charge in [-0.25, -0.2) is 4.98 Å². The van der Waals surface area contributed by atoms with Crippen molar-refractivity contribution in [1.82, 2.24) is 33.0 Å². The molecule has 13 heteroatoms. The molecule has 4 heterocycles. The average molecular weight is 498 g/mol. The van der Waals surface area contributed by atoms with Gasteiger partial charge in [0.25, 0.3) is 0 Å². The van der Waals surface area contributed by atoms with E-state index in [-0.39, 0.29) is 11.8 Å². The summed E-state index contributed by atoms with van der Waals surface area (Å²) in [4.78, 5) is 16.1. The summed E-state index contributed by atoms with van der Waals surface area (Å²) in [7, 11) is -0.993. The monoisotopic (exact) mass is 497 g/mol. The van der Waals surface area contributed by atoms with Crippen molar-refractivity contribution in [3.63, 3.8) is 0 Å². The number of nitrogens with zero attached hydrogens (tertiary/aromatic N) is 8. The fourth-order valence-electron chi connectivity index (χ4n) is 3.86. The van der Waals surface area contributed by atoms with Gasteiger partial charge >= 0.3 is 10.2 Å². The molecule has 0 saturated carbocycles. The first-order chi connectivity index (χ1) is 16.9. The van der Waals surface area contributed by atoms with Crippen LogP contribution in [0.4, 0.5) is 17.6 Å². The lowest BCUT2D eigenvalue weighted by molar-refractivity contribution is 0.122. The van der Waals surface area contributed by atoms with Crippen LogP contribution in [-0.4, -0.2) is 81.8 Å². The molecule has 0 bridgehead atoms. The number of aryl methyl sites for hydroxylation is 1. The summed E-state index contributed by atoms with van der Waals surface area (Å²) in [5.41, 5.74) is 2.65. The summed E-state index contributed by atoms with van der Waals surface area (Å²) in [5, 5.41) is 7.50. The molecular weight excluding hydrogens is 470 g/mol. The maximum absolute atomic E-state index is 13.1. The van der Waals surface area contributed by atoms with Gasteiger partial charge in [-0.3, -0.25) is 0 Å². The highest BCUT2D eigenvalue weighted by atomic mass is 32.2. The van der Waals surface area contributed by atoms with Crippen molar-refractivity contribution in [1.29, 1.82) is 0 Å². The Balaban J connectivity index is 1.63. The lowest BCUT2D eigenvalue weighted by Crippen LogP contribution is -2.37. The fourth-order valence-corrected chi connectivity index (χ4v) is 4.70. The standard InChI is InChI=1S/C22H27N9O3S/c1-4-29-15-23-19-20(29)25-22(26-21(19)30-10-12-34-13-11-30)24-18-14-17(16-8-6-5-7-9-16)27-31(18)35(32,33)28(2)3/h5-9,14-15H,4,10-13H2,1-3H3,(H,24,25,26). The molecule has 35 heavy (non-hydrogen) atoms. The zero-order valence-corrected chi connectivity index (χ0v) is 20.6. The number of aromatic nitrogens is 6. The maximum Gasteiger partial charge on any atom is 0.324 e. The number of ether oxygens (including phenoxy) is 1. The SMILES string of the molecule is CCn1cnc2c(N3CCOCC3)nc(Nc3cc(-c4ccccc4)nn3S(=O)(=O)N(C)C)nc21. The van der Waals surface area contributed by atoms with Crippen LogP contribution in [0.15, 0.2) is 42.7 Å². The topological polar surface area (TPSA) is 123 Å². The van der Waals surface area contributed by atoms with Gasteiger partial charge in [0, 0.05) is 45.4 Å². The van der Waals surface area contributed by atoms with Crippen LogP contribution < -0.4 is 10.2 Å². The molecule has 184 valence electrons. The summed E-state index contributed by atoms with van der Waals surface area (Å²) in [6.45, 7) is 5.23. The normalized spacial score (nSPS) is 14.7. The van der Waals surface area contributed by atoms with Crippen molar-refractivity contribution in [2.45, 2.75) is 13.5 Å². The number of hydrogen-bond donors (Lipinski definition) is 1. The lowest BCUT2D eigenvalue weighted by atomic mass is 10.2. The van der Waals surface area contributed by atoms with Crippen LogP contribution in [0.3, 0.4) is 0 Å². The second kappa shape index (κ2) is 9.24. The highest BCUT2D eigenvalue weighted by Crippen LogP contribution is 2.29. The number of nitrogens with one attached hydrogen (secondary N) is 1. The van der Waals surface area contributed by atoms with Gasteiger partial charge in [-0.1, -0.05) is 30.3 Å². The van der Waals surface area contributed by atoms with Crippen molar-refractivity contribution < 1.29 is 13.2 Å². The number of fused-ring (bicyclic) bond motifs is 1. The first kappa shape index (κ1) is 23.2. The van der Waals surface area contributed by atoms with Crippen molar-refractivity contribution in [2.75, 3.05) is 50.6 Å². The minimum atomic E-state index is -3.91. The maximum atomic E-state index is 13.1. The van der Waals surface area contributed by atoms with Crippen LogP contribution in [-0.2, 0) is 21.5 Å². The van der Waals surface area contributed by atoms with E-state index in [1.807, 2.05) is 41.8 Å². The molecule has 5 rings (SSSR count). The number of hydrogen-bond acceptors (Lipinski definition) is 9. The van der Waals surface area contributed by atoms with Crippen LogP contribution >= 0.6 is 0 Å². The van der Waals surface area contributed by atoms with E-state index in [0.29, 0.717) is 55.5 Å². The minimum absolute atomic E-state index is 0.229. The molecular formula is C22H27N9O3S. The van der Waals surface area contributed by atoms with E-state index in [0.717, 1.165) is 14.0 Å². The van der Waals surface area contributed by atoms with E-state index >= 15 is 0 Å². The molecule has 4 aromatic rings. The summed E-state index contributed by atoms with van der Waals surface area (Å²) in [5.74, 6) is 1.16. The third-order valence-corrected chi connectivity index (χ3v) is 7.40. The number of morpholine rings is 1. The van der Waals surface area contributed by atoms with Crippen LogP contribution in [0.1, 0.15) is 6.92 Å². The van der Waals surface area contributed by atoms with E-state index in [4.69, 9.17) is 9.72 Å².